The molecule has 0 unspecified atom stereocenters. The van der Waals surface area contributed by atoms with Gasteiger partial charge in [-0.2, -0.15) is 0 Å². The van der Waals surface area contributed by atoms with Crippen LogP contribution in [0.1, 0.15) is 42.5 Å². The van der Waals surface area contributed by atoms with E-state index in [9.17, 15) is 14.4 Å². The molecule has 1 aliphatic heterocycles. The molecule has 0 aliphatic carbocycles. The van der Waals surface area contributed by atoms with Crippen LogP contribution in [0.5, 0.6) is 0 Å². The summed E-state index contributed by atoms with van der Waals surface area (Å²) in [5.74, 6) is -0.851. The Labute approximate surface area is 142 Å². The zero-order valence-corrected chi connectivity index (χ0v) is 14.0. The van der Waals surface area contributed by atoms with E-state index < -0.39 is 5.41 Å². The smallest absolute Gasteiger partial charge is 0.305 e. The van der Waals surface area contributed by atoms with Gasteiger partial charge in [0, 0.05) is 18.5 Å². The van der Waals surface area contributed by atoms with Crippen molar-refractivity contribution >= 4 is 17.8 Å². The molecule has 1 aliphatic rings. The molecule has 0 spiro atoms. The highest BCUT2D eigenvalue weighted by molar-refractivity contribution is 6.06. The van der Waals surface area contributed by atoms with Crippen LogP contribution in [-0.2, 0) is 14.3 Å². The van der Waals surface area contributed by atoms with Gasteiger partial charge in [0.25, 0.3) is 5.91 Å². The number of likely N-dealkylation sites (tertiary alicyclic amines) is 1. The van der Waals surface area contributed by atoms with Crippen LogP contribution in [0.25, 0.3) is 0 Å². The Morgan fingerprint density at radius 1 is 1.33 bits per heavy atom. The van der Waals surface area contributed by atoms with Gasteiger partial charge >= 0.3 is 5.97 Å². The first-order valence-corrected chi connectivity index (χ1v) is 8.13. The van der Waals surface area contributed by atoms with Crippen LogP contribution < -0.4 is 0 Å². The summed E-state index contributed by atoms with van der Waals surface area (Å²) < 4.78 is 4.69. The predicted octanol–water partition coefficient (Wildman–Crippen LogP) is 2.96. The Morgan fingerprint density at radius 2 is 2.04 bits per heavy atom. The van der Waals surface area contributed by atoms with Gasteiger partial charge in [-0.15, -0.1) is 6.58 Å². The standard InChI is InChI=1S/C19H23NO4/c1-3-11-19(13-10-16(21)24-2)12-7-14-20(18(19)23)17(22)15-8-5-4-6-9-15/h3-6,8-9H,1,7,10-14H2,2H3/t19-/m1/s1. The van der Waals surface area contributed by atoms with Gasteiger partial charge in [0.2, 0.25) is 5.91 Å². The molecule has 0 radical (unpaired) electrons. The Hall–Kier alpha value is -2.43. The minimum atomic E-state index is -0.751. The average Bonchev–Trinajstić information content (AvgIpc) is 2.62. The zero-order chi connectivity index (χ0) is 17.6. The van der Waals surface area contributed by atoms with Crippen molar-refractivity contribution in [3.8, 4) is 0 Å². The average molecular weight is 329 g/mol. The summed E-state index contributed by atoms with van der Waals surface area (Å²) in [5, 5.41) is 0. The first-order chi connectivity index (χ1) is 11.5. The van der Waals surface area contributed by atoms with Crippen molar-refractivity contribution in [3.63, 3.8) is 0 Å². The van der Waals surface area contributed by atoms with E-state index in [2.05, 4.69) is 11.3 Å². The number of imide groups is 1. The number of carbonyl (C=O) groups is 3. The van der Waals surface area contributed by atoms with Crippen molar-refractivity contribution in [1.29, 1.82) is 0 Å². The molecule has 1 fully saturated rings. The number of nitrogens with zero attached hydrogens (tertiary/aromatic N) is 1. The van der Waals surface area contributed by atoms with E-state index in [0.29, 0.717) is 31.4 Å². The van der Waals surface area contributed by atoms with Gasteiger partial charge in [-0.05, 0) is 37.8 Å². The summed E-state index contributed by atoms with van der Waals surface area (Å²) >= 11 is 0. The molecule has 0 aromatic heterocycles. The maximum absolute atomic E-state index is 13.1. The van der Waals surface area contributed by atoms with Crippen LogP contribution in [0.2, 0.25) is 0 Å². The molecule has 1 saturated heterocycles. The van der Waals surface area contributed by atoms with Crippen LogP contribution in [-0.4, -0.2) is 36.3 Å². The van der Waals surface area contributed by atoms with E-state index >= 15 is 0 Å². The Kier molecular flexibility index (Phi) is 5.90. The Balaban J connectivity index is 2.23. The summed E-state index contributed by atoms with van der Waals surface area (Å²) in [6.45, 7) is 4.14. The lowest BCUT2D eigenvalue weighted by Gasteiger charge is -2.40. The molecule has 5 heteroatoms. The first-order valence-electron chi connectivity index (χ1n) is 8.13. The van der Waals surface area contributed by atoms with Crippen LogP contribution in [0.15, 0.2) is 43.0 Å². The van der Waals surface area contributed by atoms with Gasteiger partial charge in [0.05, 0.1) is 12.5 Å². The highest BCUT2D eigenvalue weighted by Gasteiger charge is 2.45. The lowest BCUT2D eigenvalue weighted by atomic mass is 9.72. The fourth-order valence-electron chi connectivity index (χ4n) is 3.24. The number of methoxy groups -OCH3 is 1. The molecule has 0 bridgehead atoms. The summed E-state index contributed by atoms with van der Waals surface area (Å²) in [6, 6.07) is 8.78. The molecule has 1 aromatic carbocycles. The predicted molar refractivity (Wildman–Crippen MR) is 90.2 cm³/mol. The number of benzene rings is 1. The third-order valence-electron chi connectivity index (χ3n) is 4.57. The van der Waals surface area contributed by atoms with Crippen molar-refractivity contribution in [1.82, 2.24) is 4.90 Å². The summed E-state index contributed by atoms with van der Waals surface area (Å²) in [6.07, 6.45) is 4.02. The second-order valence-corrected chi connectivity index (χ2v) is 6.08. The number of hydrogen-bond acceptors (Lipinski definition) is 4. The third kappa shape index (κ3) is 3.72. The number of carbonyl (C=O) groups excluding carboxylic acids is 3. The second-order valence-electron chi connectivity index (χ2n) is 6.08. The Bertz CT molecular complexity index is 626. The molecular weight excluding hydrogens is 306 g/mol. The number of allylic oxidation sites excluding steroid dienone is 1. The number of piperidine rings is 1. The molecule has 5 nitrogen and oxygen atoms in total. The molecule has 24 heavy (non-hydrogen) atoms. The van der Waals surface area contributed by atoms with Crippen LogP contribution >= 0.6 is 0 Å². The Morgan fingerprint density at radius 3 is 2.67 bits per heavy atom. The fraction of sp³-hybridized carbons (Fsp3) is 0.421. The number of ether oxygens (including phenoxy) is 1. The third-order valence-corrected chi connectivity index (χ3v) is 4.57. The topological polar surface area (TPSA) is 63.7 Å². The molecule has 0 saturated carbocycles. The monoisotopic (exact) mass is 329 g/mol. The normalized spacial score (nSPS) is 20.5. The van der Waals surface area contributed by atoms with E-state index in [1.165, 1.54) is 12.0 Å². The second kappa shape index (κ2) is 7.90. The number of amides is 2. The van der Waals surface area contributed by atoms with Gasteiger partial charge in [-0.1, -0.05) is 24.3 Å². The lowest BCUT2D eigenvalue weighted by molar-refractivity contribution is -0.146. The maximum atomic E-state index is 13.1. The van der Waals surface area contributed by atoms with Crippen molar-refractivity contribution in [3.05, 3.63) is 48.6 Å². The number of hydrogen-bond donors (Lipinski definition) is 0. The highest BCUT2D eigenvalue weighted by Crippen LogP contribution is 2.40. The minimum absolute atomic E-state index is 0.156. The largest absolute Gasteiger partial charge is 0.469 e. The SMILES string of the molecule is C=CC[C@]1(CCC(=O)OC)CCCN(C(=O)c2ccccc2)C1=O. The molecule has 128 valence electrons. The van der Waals surface area contributed by atoms with Crippen LogP contribution in [0.4, 0.5) is 0 Å². The van der Waals surface area contributed by atoms with Crippen molar-refractivity contribution in [2.75, 3.05) is 13.7 Å². The molecule has 1 aromatic rings. The van der Waals surface area contributed by atoms with Gasteiger partial charge in [0.15, 0.2) is 0 Å². The fourth-order valence-corrected chi connectivity index (χ4v) is 3.24. The summed E-state index contributed by atoms with van der Waals surface area (Å²) in [5.41, 5.74) is -0.258. The molecule has 1 heterocycles. The van der Waals surface area contributed by atoms with E-state index in [1.54, 1.807) is 30.3 Å². The quantitative estimate of drug-likeness (QED) is 0.457. The van der Waals surface area contributed by atoms with E-state index in [0.717, 1.165) is 6.42 Å². The highest BCUT2D eigenvalue weighted by atomic mass is 16.5. The maximum Gasteiger partial charge on any atom is 0.305 e. The van der Waals surface area contributed by atoms with E-state index in [1.807, 2.05) is 6.07 Å². The van der Waals surface area contributed by atoms with Gasteiger partial charge in [0.1, 0.15) is 0 Å². The van der Waals surface area contributed by atoms with Crippen LogP contribution in [0.3, 0.4) is 0 Å². The molecule has 2 rings (SSSR count). The number of esters is 1. The molecule has 0 N–H and O–H groups in total. The van der Waals surface area contributed by atoms with Crippen molar-refractivity contribution in [2.24, 2.45) is 5.41 Å². The van der Waals surface area contributed by atoms with Gasteiger partial charge in [-0.25, -0.2) is 0 Å². The van der Waals surface area contributed by atoms with Crippen molar-refractivity contribution < 1.29 is 19.1 Å². The van der Waals surface area contributed by atoms with Crippen LogP contribution in [0, 0.1) is 5.41 Å². The molecule has 2 amide bonds. The number of rotatable bonds is 6. The zero-order valence-electron chi connectivity index (χ0n) is 14.0. The summed E-state index contributed by atoms with van der Waals surface area (Å²) in [4.78, 5) is 38.6. The lowest BCUT2D eigenvalue weighted by Crippen LogP contribution is -2.51. The van der Waals surface area contributed by atoms with E-state index in [4.69, 9.17) is 0 Å². The van der Waals surface area contributed by atoms with Crippen molar-refractivity contribution in [2.45, 2.75) is 32.1 Å². The van der Waals surface area contributed by atoms with Gasteiger partial charge < -0.3 is 4.74 Å². The molecular formula is C19H23NO4. The minimum Gasteiger partial charge on any atom is -0.469 e. The molecule has 1 atom stereocenters. The summed E-state index contributed by atoms with van der Waals surface area (Å²) in [7, 11) is 1.33. The first kappa shape index (κ1) is 17.9. The van der Waals surface area contributed by atoms with Gasteiger partial charge in [-0.3, -0.25) is 19.3 Å². The van der Waals surface area contributed by atoms with E-state index in [-0.39, 0.29) is 24.2 Å².